The van der Waals surface area contributed by atoms with Crippen LogP contribution >= 0.6 is 0 Å². The number of aliphatic hydroxyl groups is 1. The van der Waals surface area contributed by atoms with E-state index in [0.29, 0.717) is 13.1 Å². The number of sulfonamides is 1. The summed E-state index contributed by atoms with van der Waals surface area (Å²) in [5, 5.41) is 9.44. The van der Waals surface area contributed by atoms with Crippen LogP contribution in [0.2, 0.25) is 0 Å². The fourth-order valence-electron chi connectivity index (χ4n) is 2.09. The highest BCUT2D eigenvalue weighted by atomic mass is 32.2. The highest BCUT2D eigenvalue weighted by molar-refractivity contribution is 7.89. The first-order valence-corrected chi connectivity index (χ1v) is 7.74. The molecule has 1 N–H and O–H groups in total. The molecule has 1 aliphatic rings. The van der Waals surface area contributed by atoms with Crippen LogP contribution in [0.4, 0.5) is 0 Å². The van der Waals surface area contributed by atoms with E-state index in [-0.39, 0.29) is 17.8 Å². The van der Waals surface area contributed by atoms with E-state index in [0.717, 1.165) is 25.7 Å². The normalized spacial score (nSPS) is 22.2. The predicted molar refractivity (Wildman–Crippen MR) is 64.7 cm³/mol. The Morgan fingerprint density at radius 3 is 2.38 bits per heavy atom. The van der Waals surface area contributed by atoms with Crippen LogP contribution in [0, 0.1) is 5.92 Å². The number of unbranched alkanes of at least 4 members (excludes halogenated alkanes) is 1. The molecule has 1 heterocycles. The summed E-state index contributed by atoms with van der Waals surface area (Å²) < 4.78 is 25.4. The lowest BCUT2D eigenvalue weighted by Gasteiger charge is -2.32. The summed E-state index contributed by atoms with van der Waals surface area (Å²) in [7, 11) is -3.04. The van der Waals surface area contributed by atoms with E-state index >= 15 is 0 Å². The van der Waals surface area contributed by atoms with Gasteiger partial charge in [0.2, 0.25) is 10.0 Å². The lowest BCUT2D eigenvalue weighted by atomic mass is 9.93. The van der Waals surface area contributed by atoms with E-state index in [2.05, 4.69) is 0 Å². The van der Waals surface area contributed by atoms with Gasteiger partial charge in [-0.25, -0.2) is 12.7 Å². The molecule has 4 nitrogen and oxygen atoms in total. The van der Waals surface area contributed by atoms with Crippen molar-refractivity contribution in [2.24, 2.45) is 5.92 Å². The fourth-order valence-corrected chi connectivity index (χ4v) is 3.77. The molecule has 0 aromatic carbocycles. The van der Waals surface area contributed by atoms with Gasteiger partial charge in [0.25, 0.3) is 0 Å². The third-order valence-corrected chi connectivity index (χ3v) is 5.29. The minimum Gasteiger partial charge on any atom is -0.393 e. The number of hydrogen-bond donors (Lipinski definition) is 1. The molecule has 96 valence electrons. The maximum Gasteiger partial charge on any atom is 0.214 e. The molecule has 1 aliphatic heterocycles. The zero-order valence-electron chi connectivity index (χ0n) is 10.2. The summed E-state index contributed by atoms with van der Waals surface area (Å²) in [6.45, 7) is 4.92. The van der Waals surface area contributed by atoms with E-state index in [9.17, 15) is 13.5 Å². The molecule has 0 aliphatic carbocycles. The zero-order valence-corrected chi connectivity index (χ0v) is 11.0. The minimum absolute atomic E-state index is 0.262. The third kappa shape index (κ3) is 3.71. The zero-order chi connectivity index (χ0) is 12.2. The van der Waals surface area contributed by atoms with E-state index in [4.69, 9.17) is 0 Å². The highest BCUT2D eigenvalue weighted by Crippen LogP contribution is 2.22. The molecule has 1 fully saturated rings. The van der Waals surface area contributed by atoms with Crippen molar-refractivity contribution in [1.29, 1.82) is 0 Å². The molecule has 0 aromatic rings. The molecule has 5 heteroatoms. The molecule has 1 saturated heterocycles. The predicted octanol–water partition coefficient (Wildman–Crippen LogP) is 1.21. The third-order valence-electron chi connectivity index (χ3n) is 3.33. The van der Waals surface area contributed by atoms with Gasteiger partial charge in [0.15, 0.2) is 0 Å². The Bertz CT molecular complexity index is 292. The van der Waals surface area contributed by atoms with Crippen molar-refractivity contribution in [2.45, 2.75) is 45.6 Å². The molecule has 16 heavy (non-hydrogen) atoms. The summed E-state index contributed by atoms with van der Waals surface area (Å²) in [5.74, 6) is 0.528. The van der Waals surface area contributed by atoms with Crippen LogP contribution in [0.15, 0.2) is 0 Å². The van der Waals surface area contributed by atoms with Gasteiger partial charge in [0.1, 0.15) is 0 Å². The summed E-state index contributed by atoms with van der Waals surface area (Å²) in [5.41, 5.74) is 0. The number of rotatable bonds is 5. The lowest BCUT2D eigenvalue weighted by Crippen LogP contribution is -2.41. The van der Waals surface area contributed by atoms with E-state index < -0.39 is 10.0 Å². The fraction of sp³-hybridized carbons (Fsp3) is 1.00. The molecular formula is C11H23NO3S. The van der Waals surface area contributed by atoms with Crippen LogP contribution in [-0.4, -0.2) is 42.8 Å². The molecule has 0 bridgehead atoms. The summed E-state index contributed by atoms with van der Waals surface area (Å²) in [6, 6.07) is 0. The topological polar surface area (TPSA) is 57.6 Å². The van der Waals surface area contributed by atoms with Crippen LogP contribution in [0.5, 0.6) is 0 Å². The molecule has 1 rings (SSSR count). The first-order chi connectivity index (χ1) is 7.47. The van der Waals surface area contributed by atoms with Crippen molar-refractivity contribution in [3.8, 4) is 0 Å². The Hall–Kier alpha value is -0.130. The average molecular weight is 249 g/mol. The van der Waals surface area contributed by atoms with Gasteiger partial charge in [0.05, 0.1) is 11.9 Å². The molecule has 0 unspecified atom stereocenters. The van der Waals surface area contributed by atoms with Crippen LogP contribution in [0.3, 0.4) is 0 Å². The number of nitrogens with zero attached hydrogens (tertiary/aromatic N) is 1. The molecule has 0 saturated carbocycles. The molecule has 1 atom stereocenters. The van der Waals surface area contributed by atoms with Crippen LogP contribution in [0.25, 0.3) is 0 Å². The van der Waals surface area contributed by atoms with Gasteiger partial charge in [-0.1, -0.05) is 13.3 Å². The van der Waals surface area contributed by atoms with Gasteiger partial charge in [-0.05, 0) is 32.1 Å². The Kier molecular flexibility index (Phi) is 5.21. The van der Waals surface area contributed by atoms with Crippen LogP contribution < -0.4 is 0 Å². The van der Waals surface area contributed by atoms with Crippen molar-refractivity contribution in [1.82, 2.24) is 4.31 Å². The van der Waals surface area contributed by atoms with Crippen LogP contribution in [-0.2, 0) is 10.0 Å². The lowest BCUT2D eigenvalue weighted by molar-refractivity contribution is 0.0912. The standard InChI is InChI=1S/C11H23NO3S/c1-3-4-9-16(14,15)12-7-5-11(6-8-12)10(2)13/h10-11,13H,3-9H2,1-2H3/t10-/m0/s1. The van der Waals surface area contributed by atoms with Gasteiger partial charge in [-0.3, -0.25) is 0 Å². The minimum atomic E-state index is -3.04. The maximum atomic E-state index is 11.9. The molecule has 0 spiro atoms. The first-order valence-electron chi connectivity index (χ1n) is 6.13. The SMILES string of the molecule is CCCCS(=O)(=O)N1CCC([C@H](C)O)CC1. The van der Waals surface area contributed by atoms with Crippen molar-refractivity contribution in [3.05, 3.63) is 0 Å². The highest BCUT2D eigenvalue weighted by Gasteiger charge is 2.29. The van der Waals surface area contributed by atoms with Gasteiger partial charge in [-0.15, -0.1) is 0 Å². The average Bonchev–Trinajstić information content (AvgIpc) is 2.26. The maximum absolute atomic E-state index is 11.9. The number of aliphatic hydroxyl groups excluding tert-OH is 1. The second-order valence-electron chi connectivity index (χ2n) is 4.65. The van der Waals surface area contributed by atoms with Crippen molar-refractivity contribution in [3.63, 3.8) is 0 Å². The Morgan fingerprint density at radius 1 is 1.38 bits per heavy atom. The monoisotopic (exact) mass is 249 g/mol. The van der Waals surface area contributed by atoms with Crippen molar-refractivity contribution in [2.75, 3.05) is 18.8 Å². The van der Waals surface area contributed by atoms with Gasteiger partial charge < -0.3 is 5.11 Å². The van der Waals surface area contributed by atoms with E-state index in [1.54, 1.807) is 11.2 Å². The summed E-state index contributed by atoms with van der Waals surface area (Å²) >= 11 is 0. The molecule has 0 aromatic heterocycles. The van der Waals surface area contributed by atoms with E-state index in [1.165, 1.54) is 0 Å². The van der Waals surface area contributed by atoms with Crippen molar-refractivity contribution < 1.29 is 13.5 Å². The second kappa shape index (κ2) is 5.98. The van der Waals surface area contributed by atoms with Gasteiger partial charge in [0, 0.05) is 13.1 Å². The first kappa shape index (κ1) is 13.9. The van der Waals surface area contributed by atoms with E-state index in [1.807, 2.05) is 6.92 Å². The molecule has 0 radical (unpaired) electrons. The molecular weight excluding hydrogens is 226 g/mol. The Balaban J connectivity index is 2.47. The summed E-state index contributed by atoms with van der Waals surface area (Å²) in [6.07, 6.45) is 2.88. The van der Waals surface area contributed by atoms with Crippen LogP contribution in [0.1, 0.15) is 39.5 Å². The van der Waals surface area contributed by atoms with Gasteiger partial charge in [-0.2, -0.15) is 0 Å². The largest absolute Gasteiger partial charge is 0.393 e. The summed E-state index contributed by atoms with van der Waals surface area (Å²) in [4.78, 5) is 0. The quantitative estimate of drug-likeness (QED) is 0.796. The number of piperidine rings is 1. The van der Waals surface area contributed by atoms with Crippen molar-refractivity contribution >= 4 is 10.0 Å². The Labute approximate surface area is 98.7 Å². The second-order valence-corrected chi connectivity index (χ2v) is 6.74. The smallest absolute Gasteiger partial charge is 0.214 e. The van der Waals surface area contributed by atoms with Gasteiger partial charge >= 0.3 is 0 Å². The number of hydrogen-bond acceptors (Lipinski definition) is 3. The molecule has 0 amide bonds. The Morgan fingerprint density at radius 2 is 1.94 bits per heavy atom.